The van der Waals surface area contributed by atoms with Crippen LogP contribution in [0.25, 0.3) is 0 Å². The van der Waals surface area contributed by atoms with Gasteiger partial charge in [-0.3, -0.25) is 4.79 Å². The van der Waals surface area contributed by atoms with Gasteiger partial charge >= 0.3 is 0 Å². The zero-order valence-electron chi connectivity index (χ0n) is 8.76. The standard InChI is InChI=1S/C11H15NO2/c1-8-5-4-6-10(14-3)11(8)9(13)7-12-2/h4-6,12H,7H2,1-3H3. The van der Waals surface area contributed by atoms with E-state index in [1.807, 2.05) is 19.1 Å². The molecule has 3 heteroatoms. The predicted molar refractivity (Wildman–Crippen MR) is 56.0 cm³/mol. The van der Waals surface area contributed by atoms with Crippen LogP contribution in [0.2, 0.25) is 0 Å². The fourth-order valence-electron chi connectivity index (χ4n) is 1.42. The van der Waals surface area contributed by atoms with Crippen molar-refractivity contribution >= 4 is 5.78 Å². The van der Waals surface area contributed by atoms with Crippen LogP contribution in [0.3, 0.4) is 0 Å². The molecule has 0 bridgehead atoms. The molecule has 1 N–H and O–H groups in total. The third kappa shape index (κ3) is 2.12. The molecule has 0 radical (unpaired) electrons. The van der Waals surface area contributed by atoms with Crippen molar-refractivity contribution in [1.29, 1.82) is 0 Å². The summed E-state index contributed by atoms with van der Waals surface area (Å²) in [6.45, 7) is 2.24. The lowest BCUT2D eigenvalue weighted by Crippen LogP contribution is -2.20. The van der Waals surface area contributed by atoms with E-state index in [0.717, 1.165) is 5.56 Å². The number of nitrogens with one attached hydrogen (secondary N) is 1. The van der Waals surface area contributed by atoms with Gasteiger partial charge in [-0.2, -0.15) is 0 Å². The van der Waals surface area contributed by atoms with Crippen molar-refractivity contribution in [3.05, 3.63) is 29.3 Å². The minimum absolute atomic E-state index is 0.0578. The van der Waals surface area contributed by atoms with Gasteiger partial charge in [-0.25, -0.2) is 0 Å². The molecular weight excluding hydrogens is 178 g/mol. The van der Waals surface area contributed by atoms with E-state index in [2.05, 4.69) is 5.32 Å². The van der Waals surface area contributed by atoms with Gasteiger partial charge < -0.3 is 10.1 Å². The molecule has 76 valence electrons. The molecule has 0 fully saturated rings. The number of rotatable bonds is 4. The summed E-state index contributed by atoms with van der Waals surface area (Å²) in [7, 11) is 3.33. The summed E-state index contributed by atoms with van der Waals surface area (Å²) in [6.07, 6.45) is 0. The van der Waals surface area contributed by atoms with E-state index in [0.29, 0.717) is 17.9 Å². The summed E-state index contributed by atoms with van der Waals surface area (Å²) >= 11 is 0. The van der Waals surface area contributed by atoms with Crippen molar-refractivity contribution in [2.75, 3.05) is 20.7 Å². The Labute approximate surface area is 84.1 Å². The lowest BCUT2D eigenvalue weighted by Gasteiger charge is -2.09. The van der Waals surface area contributed by atoms with Crippen LogP contribution in [-0.4, -0.2) is 26.5 Å². The molecule has 0 aliphatic rings. The van der Waals surface area contributed by atoms with E-state index in [1.54, 1.807) is 20.2 Å². The quantitative estimate of drug-likeness (QED) is 0.735. The highest BCUT2D eigenvalue weighted by atomic mass is 16.5. The van der Waals surface area contributed by atoms with Gasteiger partial charge in [0, 0.05) is 0 Å². The van der Waals surface area contributed by atoms with Crippen LogP contribution in [0, 0.1) is 6.92 Å². The largest absolute Gasteiger partial charge is 0.496 e. The van der Waals surface area contributed by atoms with Crippen molar-refractivity contribution in [2.24, 2.45) is 0 Å². The second-order valence-corrected chi connectivity index (χ2v) is 3.11. The Balaban J connectivity index is 3.10. The van der Waals surface area contributed by atoms with Gasteiger partial charge in [-0.05, 0) is 25.6 Å². The maximum atomic E-state index is 11.7. The summed E-state index contributed by atoms with van der Waals surface area (Å²) in [5.74, 6) is 0.702. The van der Waals surface area contributed by atoms with E-state index in [1.165, 1.54) is 0 Å². The van der Waals surface area contributed by atoms with E-state index in [-0.39, 0.29) is 5.78 Å². The highest BCUT2D eigenvalue weighted by Gasteiger charge is 2.13. The summed E-state index contributed by atoms with van der Waals surface area (Å²) in [4.78, 5) is 11.7. The van der Waals surface area contributed by atoms with E-state index >= 15 is 0 Å². The molecule has 0 atom stereocenters. The normalized spacial score (nSPS) is 9.93. The molecule has 0 saturated heterocycles. The predicted octanol–water partition coefficient (Wildman–Crippen LogP) is 1.41. The molecule has 0 spiro atoms. The number of benzene rings is 1. The molecule has 1 rings (SSSR count). The molecule has 0 aliphatic heterocycles. The smallest absolute Gasteiger partial charge is 0.180 e. The first-order valence-corrected chi connectivity index (χ1v) is 4.52. The van der Waals surface area contributed by atoms with Crippen molar-refractivity contribution in [2.45, 2.75) is 6.92 Å². The molecule has 1 aromatic rings. The molecule has 0 heterocycles. The highest BCUT2D eigenvalue weighted by molar-refractivity contribution is 6.01. The minimum Gasteiger partial charge on any atom is -0.496 e. The van der Waals surface area contributed by atoms with Crippen molar-refractivity contribution in [1.82, 2.24) is 5.32 Å². The summed E-state index contributed by atoms with van der Waals surface area (Å²) < 4.78 is 5.15. The number of Topliss-reactive ketones (excluding diaryl/α,β-unsaturated/α-hetero) is 1. The molecule has 0 amide bonds. The minimum atomic E-state index is 0.0578. The first-order chi connectivity index (χ1) is 6.70. The number of likely N-dealkylation sites (N-methyl/N-ethyl adjacent to an activating group) is 1. The Hall–Kier alpha value is -1.35. The van der Waals surface area contributed by atoms with Crippen LogP contribution in [0.4, 0.5) is 0 Å². The van der Waals surface area contributed by atoms with Gasteiger partial charge in [-0.1, -0.05) is 12.1 Å². The molecule has 0 aliphatic carbocycles. The Kier molecular flexibility index (Phi) is 3.65. The fourth-order valence-corrected chi connectivity index (χ4v) is 1.42. The average molecular weight is 193 g/mol. The fraction of sp³-hybridized carbons (Fsp3) is 0.364. The van der Waals surface area contributed by atoms with Gasteiger partial charge in [0.15, 0.2) is 5.78 Å². The van der Waals surface area contributed by atoms with Crippen molar-refractivity contribution in [3.63, 3.8) is 0 Å². The number of carbonyl (C=O) groups is 1. The molecule has 3 nitrogen and oxygen atoms in total. The Bertz CT molecular complexity index is 334. The molecule has 14 heavy (non-hydrogen) atoms. The number of aryl methyl sites for hydroxylation is 1. The Morgan fingerprint density at radius 3 is 2.79 bits per heavy atom. The van der Waals surface area contributed by atoms with Gasteiger partial charge in [0.25, 0.3) is 0 Å². The number of ketones is 1. The van der Waals surface area contributed by atoms with Crippen molar-refractivity contribution in [3.8, 4) is 5.75 Å². The van der Waals surface area contributed by atoms with E-state index < -0.39 is 0 Å². The number of carbonyl (C=O) groups excluding carboxylic acids is 1. The van der Waals surface area contributed by atoms with Crippen LogP contribution in [0.15, 0.2) is 18.2 Å². The third-order valence-corrected chi connectivity index (χ3v) is 2.07. The summed E-state index contributed by atoms with van der Waals surface area (Å²) in [6, 6.07) is 5.59. The lowest BCUT2D eigenvalue weighted by molar-refractivity contribution is 0.0990. The van der Waals surface area contributed by atoms with E-state index in [9.17, 15) is 4.79 Å². The van der Waals surface area contributed by atoms with Crippen LogP contribution >= 0.6 is 0 Å². The Morgan fingerprint density at radius 2 is 2.21 bits per heavy atom. The van der Waals surface area contributed by atoms with Crippen LogP contribution < -0.4 is 10.1 Å². The van der Waals surface area contributed by atoms with E-state index in [4.69, 9.17) is 4.74 Å². The van der Waals surface area contributed by atoms with Crippen LogP contribution in [0.5, 0.6) is 5.75 Å². The van der Waals surface area contributed by atoms with Gasteiger partial charge in [0.2, 0.25) is 0 Å². The van der Waals surface area contributed by atoms with Gasteiger partial charge in [0.1, 0.15) is 5.75 Å². The zero-order chi connectivity index (χ0) is 10.6. The van der Waals surface area contributed by atoms with Crippen molar-refractivity contribution < 1.29 is 9.53 Å². The maximum absolute atomic E-state index is 11.7. The summed E-state index contributed by atoms with van der Waals surface area (Å²) in [5.41, 5.74) is 1.62. The SMILES string of the molecule is CNCC(=O)c1c(C)cccc1OC. The third-order valence-electron chi connectivity index (χ3n) is 2.07. The molecule has 0 unspecified atom stereocenters. The molecule has 1 aromatic carbocycles. The number of hydrogen-bond donors (Lipinski definition) is 1. The molecular formula is C11H15NO2. The monoisotopic (exact) mass is 193 g/mol. The number of methoxy groups -OCH3 is 1. The summed E-state index contributed by atoms with van der Waals surface area (Å²) in [5, 5.41) is 2.84. The zero-order valence-corrected chi connectivity index (χ0v) is 8.76. The van der Waals surface area contributed by atoms with Gasteiger partial charge in [0.05, 0.1) is 19.2 Å². The first kappa shape index (κ1) is 10.7. The second kappa shape index (κ2) is 4.77. The first-order valence-electron chi connectivity index (χ1n) is 4.52. The second-order valence-electron chi connectivity index (χ2n) is 3.11. The van der Waals surface area contributed by atoms with Crippen LogP contribution in [-0.2, 0) is 0 Å². The lowest BCUT2D eigenvalue weighted by atomic mass is 10.0. The number of hydrogen-bond acceptors (Lipinski definition) is 3. The topological polar surface area (TPSA) is 38.3 Å². The van der Waals surface area contributed by atoms with Crippen LogP contribution in [0.1, 0.15) is 15.9 Å². The highest BCUT2D eigenvalue weighted by Crippen LogP contribution is 2.21. The number of ether oxygens (including phenoxy) is 1. The molecule has 0 saturated carbocycles. The molecule has 0 aromatic heterocycles. The Morgan fingerprint density at radius 1 is 1.50 bits per heavy atom. The maximum Gasteiger partial charge on any atom is 0.180 e. The average Bonchev–Trinajstić information content (AvgIpc) is 2.17. The van der Waals surface area contributed by atoms with Gasteiger partial charge in [-0.15, -0.1) is 0 Å².